The predicted octanol–water partition coefficient (Wildman–Crippen LogP) is 3.35. The van der Waals surface area contributed by atoms with Gasteiger partial charge in [-0.1, -0.05) is 26.2 Å². The summed E-state index contributed by atoms with van der Waals surface area (Å²) >= 11 is 1.59. The summed E-state index contributed by atoms with van der Waals surface area (Å²) in [7, 11) is 2.19. The number of rotatable bonds is 7. The molecule has 6 heteroatoms. The number of hydrogen-bond acceptors (Lipinski definition) is 5. The molecule has 1 unspecified atom stereocenters. The molecule has 0 radical (unpaired) electrons. The van der Waals surface area contributed by atoms with Crippen LogP contribution in [0.5, 0.6) is 0 Å². The number of nitrogens with zero attached hydrogens (tertiary/aromatic N) is 4. The molecule has 5 nitrogen and oxygen atoms in total. The molecule has 1 saturated carbocycles. The van der Waals surface area contributed by atoms with Crippen LogP contribution in [0.1, 0.15) is 50.9 Å². The fourth-order valence-corrected chi connectivity index (χ4v) is 4.80. The van der Waals surface area contributed by atoms with Gasteiger partial charge in [-0.2, -0.15) is 0 Å². The molecule has 1 saturated heterocycles. The molecule has 1 aliphatic heterocycles. The number of hydrogen-bond donors (Lipinski definition) is 0. The standard InChI is InChI=1S/C20H30N4OS/c1-3-4-17(23-12-10-22(2)11-13-23)18-21-19-16(8-14-26-19)20(25)24(18)9-7-15-5-6-15/h8,14-15,17H,3-7,9-13H2,1-2H3. The lowest BCUT2D eigenvalue weighted by Gasteiger charge is -2.38. The minimum Gasteiger partial charge on any atom is -0.304 e. The lowest BCUT2D eigenvalue weighted by atomic mass is 10.1. The first-order chi connectivity index (χ1) is 12.7. The summed E-state index contributed by atoms with van der Waals surface area (Å²) in [5.41, 5.74) is 0.169. The number of piperazine rings is 1. The Morgan fingerprint density at radius 2 is 2.04 bits per heavy atom. The summed E-state index contributed by atoms with van der Waals surface area (Å²) in [6.45, 7) is 7.36. The van der Waals surface area contributed by atoms with Crippen molar-refractivity contribution in [1.29, 1.82) is 0 Å². The van der Waals surface area contributed by atoms with Crippen molar-refractivity contribution in [3.05, 3.63) is 27.6 Å². The van der Waals surface area contributed by atoms with Gasteiger partial charge in [0.25, 0.3) is 5.56 Å². The molecule has 26 heavy (non-hydrogen) atoms. The Kier molecular flexibility index (Phi) is 5.43. The number of aromatic nitrogens is 2. The zero-order chi connectivity index (χ0) is 18.1. The van der Waals surface area contributed by atoms with E-state index in [9.17, 15) is 4.79 Å². The zero-order valence-electron chi connectivity index (χ0n) is 16.0. The van der Waals surface area contributed by atoms with Crippen molar-refractivity contribution in [2.75, 3.05) is 33.2 Å². The SMILES string of the molecule is CCCC(c1nc2sccc2c(=O)n1CCC1CC1)N1CCN(C)CC1. The molecule has 2 aliphatic rings. The molecule has 0 spiro atoms. The Morgan fingerprint density at radius 3 is 2.73 bits per heavy atom. The van der Waals surface area contributed by atoms with Gasteiger partial charge in [0.1, 0.15) is 10.7 Å². The van der Waals surface area contributed by atoms with Crippen molar-refractivity contribution in [3.8, 4) is 0 Å². The summed E-state index contributed by atoms with van der Waals surface area (Å²) in [5.74, 6) is 1.83. The van der Waals surface area contributed by atoms with Gasteiger partial charge in [-0.15, -0.1) is 11.3 Å². The van der Waals surface area contributed by atoms with Gasteiger partial charge >= 0.3 is 0 Å². The number of thiophene rings is 1. The van der Waals surface area contributed by atoms with E-state index in [0.717, 1.165) is 73.9 Å². The Hall–Kier alpha value is -1.24. The number of fused-ring (bicyclic) bond motifs is 1. The van der Waals surface area contributed by atoms with Crippen molar-refractivity contribution in [3.63, 3.8) is 0 Å². The second kappa shape index (κ2) is 7.79. The Labute approximate surface area is 159 Å². The van der Waals surface area contributed by atoms with Gasteiger partial charge in [0.15, 0.2) is 0 Å². The third-order valence-corrected chi connectivity index (χ3v) is 6.72. The van der Waals surface area contributed by atoms with Crippen molar-refractivity contribution in [1.82, 2.24) is 19.4 Å². The average Bonchev–Trinajstić information content (AvgIpc) is 3.35. The average molecular weight is 375 g/mol. The zero-order valence-corrected chi connectivity index (χ0v) is 16.8. The van der Waals surface area contributed by atoms with Gasteiger partial charge in [0.05, 0.1) is 11.4 Å². The van der Waals surface area contributed by atoms with E-state index in [0.29, 0.717) is 0 Å². The van der Waals surface area contributed by atoms with E-state index < -0.39 is 0 Å². The molecule has 3 heterocycles. The molecule has 0 aromatic carbocycles. The predicted molar refractivity (Wildman–Crippen MR) is 108 cm³/mol. The molecule has 2 aromatic heterocycles. The fraction of sp³-hybridized carbons (Fsp3) is 0.700. The molecule has 0 N–H and O–H groups in total. The minimum absolute atomic E-state index is 0.169. The summed E-state index contributed by atoms with van der Waals surface area (Å²) in [6, 6.07) is 2.20. The second-order valence-electron chi connectivity index (χ2n) is 7.94. The third kappa shape index (κ3) is 3.73. The van der Waals surface area contributed by atoms with Crippen LogP contribution >= 0.6 is 11.3 Å². The van der Waals surface area contributed by atoms with E-state index in [-0.39, 0.29) is 11.6 Å². The van der Waals surface area contributed by atoms with Crippen molar-refractivity contribution < 1.29 is 0 Å². The summed E-state index contributed by atoms with van der Waals surface area (Å²) in [4.78, 5) is 24.1. The molecule has 142 valence electrons. The highest BCUT2D eigenvalue weighted by Crippen LogP contribution is 2.33. The third-order valence-electron chi connectivity index (χ3n) is 5.91. The monoisotopic (exact) mass is 374 g/mol. The largest absolute Gasteiger partial charge is 0.304 e. The molecule has 4 rings (SSSR count). The smallest absolute Gasteiger partial charge is 0.262 e. The highest BCUT2D eigenvalue weighted by Gasteiger charge is 2.29. The van der Waals surface area contributed by atoms with Crippen LogP contribution in [-0.2, 0) is 6.54 Å². The summed E-state index contributed by atoms with van der Waals surface area (Å²) in [6.07, 6.45) is 5.95. The second-order valence-corrected chi connectivity index (χ2v) is 8.84. The minimum atomic E-state index is 0.169. The molecule has 2 aromatic rings. The van der Waals surface area contributed by atoms with Gasteiger partial charge < -0.3 is 4.90 Å². The highest BCUT2D eigenvalue weighted by molar-refractivity contribution is 7.16. The van der Waals surface area contributed by atoms with E-state index >= 15 is 0 Å². The maximum absolute atomic E-state index is 13.2. The molecular weight excluding hydrogens is 344 g/mol. The maximum atomic E-state index is 13.2. The van der Waals surface area contributed by atoms with E-state index in [1.807, 2.05) is 16.0 Å². The Bertz CT molecular complexity index is 802. The van der Waals surface area contributed by atoms with E-state index in [4.69, 9.17) is 4.98 Å². The van der Waals surface area contributed by atoms with E-state index in [2.05, 4.69) is 23.8 Å². The highest BCUT2D eigenvalue weighted by atomic mass is 32.1. The fourth-order valence-electron chi connectivity index (χ4n) is 4.04. The van der Waals surface area contributed by atoms with E-state index in [1.165, 1.54) is 12.8 Å². The van der Waals surface area contributed by atoms with Crippen molar-refractivity contribution in [2.45, 2.75) is 51.6 Å². The van der Waals surface area contributed by atoms with Gasteiger partial charge in [0.2, 0.25) is 0 Å². The molecular formula is C20H30N4OS. The van der Waals surface area contributed by atoms with Gasteiger partial charge in [0, 0.05) is 32.7 Å². The number of likely N-dealkylation sites (N-methyl/N-ethyl adjacent to an activating group) is 1. The molecule has 0 bridgehead atoms. The molecule has 0 amide bonds. The first-order valence-electron chi connectivity index (χ1n) is 10.1. The molecule has 1 aliphatic carbocycles. The van der Waals surface area contributed by atoms with Gasteiger partial charge in [-0.3, -0.25) is 14.3 Å². The first kappa shape index (κ1) is 18.1. The summed E-state index contributed by atoms with van der Waals surface area (Å²) < 4.78 is 2.02. The Morgan fingerprint density at radius 1 is 1.27 bits per heavy atom. The van der Waals surface area contributed by atoms with Crippen LogP contribution in [0.25, 0.3) is 10.2 Å². The maximum Gasteiger partial charge on any atom is 0.262 e. The van der Waals surface area contributed by atoms with Crippen LogP contribution in [0.2, 0.25) is 0 Å². The summed E-state index contributed by atoms with van der Waals surface area (Å²) in [5, 5.41) is 2.79. The quantitative estimate of drug-likeness (QED) is 0.745. The van der Waals surface area contributed by atoms with Crippen molar-refractivity contribution >= 4 is 21.6 Å². The van der Waals surface area contributed by atoms with Crippen LogP contribution < -0.4 is 5.56 Å². The molecule has 1 atom stereocenters. The van der Waals surface area contributed by atoms with Gasteiger partial charge in [-0.05, 0) is 37.3 Å². The van der Waals surface area contributed by atoms with Crippen LogP contribution in [-0.4, -0.2) is 52.6 Å². The topological polar surface area (TPSA) is 41.4 Å². The first-order valence-corrected chi connectivity index (χ1v) is 11.0. The lowest BCUT2D eigenvalue weighted by Crippen LogP contribution is -2.47. The van der Waals surface area contributed by atoms with Gasteiger partial charge in [-0.25, -0.2) is 4.98 Å². The normalized spacial score (nSPS) is 20.7. The Balaban J connectivity index is 1.72. The molecule has 2 fully saturated rings. The van der Waals surface area contributed by atoms with Crippen LogP contribution in [0.15, 0.2) is 16.2 Å². The lowest BCUT2D eigenvalue weighted by molar-refractivity contribution is 0.0993. The van der Waals surface area contributed by atoms with Crippen molar-refractivity contribution in [2.24, 2.45) is 5.92 Å². The van der Waals surface area contributed by atoms with E-state index in [1.54, 1.807) is 11.3 Å². The van der Waals surface area contributed by atoms with Crippen LogP contribution in [0.3, 0.4) is 0 Å². The van der Waals surface area contributed by atoms with Crippen LogP contribution in [0.4, 0.5) is 0 Å². The van der Waals surface area contributed by atoms with Crippen LogP contribution in [0, 0.1) is 5.92 Å².